The number of benzene rings is 3. The second-order valence-corrected chi connectivity index (χ2v) is 11.4. The lowest BCUT2D eigenvalue weighted by Crippen LogP contribution is -2.33. The Morgan fingerprint density at radius 3 is 2.19 bits per heavy atom. The van der Waals surface area contributed by atoms with Gasteiger partial charge in [-0.1, -0.05) is 77.9 Å². The average Bonchev–Trinajstić information content (AvgIpc) is 2.73. The van der Waals surface area contributed by atoms with E-state index in [0.29, 0.717) is 5.56 Å². The molecule has 0 aliphatic heterocycles. The summed E-state index contributed by atoms with van der Waals surface area (Å²) < 4.78 is 26.8. The molecule has 32 heavy (non-hydrogen) atoms. The monoisotopic (exact) mass is 427 g/mol. The van der Waals surface area contributed by atoms with Crippen molar-refractivity contribution in [2.45, 2.75) is 67.2 Å². The van der Waals surface area contributed by atoms with Gasteiger partial charge in [-0.2, -0.15) is 4.57 Å². The number of rotatable bonds is 2. The van der Waals surface area contributed by atoms with E-state index in [0.717, 1.165) is 28.6 Å². The molecule has 0 N–H and O–H groups in total. The van der Waals surface area contributed by atoms with Crippen molar-refractivity contribution in [1.82, 2.24) is 0 Å². The Bertz CT molecular complexity index is 1430. The summed E-state index contributed by atoms with van der Waals surface area (Å²) in [5.74, 6) is 0. The van der Waals surface area contributed by atoms with Crippen LogP contribution in [0.15, 0.2) is 54.6 Å². The summed E-state index contributed by atoms with van der Waals surface area (Å²) in [5, 5.41) is 3.43. The van der Waals surface area contributed by atoms with E-state index in [4.69, 9.17) is 4.11 Å². The van der Waals surface area contributed by atoms with Crippen molar-refractivity contribution in [2.75, 3.05) is 0 Å². The van der Waals surface area contributed by atoms with Crippen LogP contribution in [0.1, 0.15) is 67.9 Å². The minimum Gasteiger partial charge on any atom is -0.194 e. The minimum atomic E-state index is -2.17. The van der Waals surface area contributed by atoms with Crippen LogP contribution in [0.5, 0.6) is 0 Å². The third-order valence-corrected chi connectivity index (χ3v) is 6.52. The van der Waals surface area contributed by atoms with Gasteiger partial charge in [0.2, 0.25) is 11.2 Å². The maximum absolute atomic E-state index is 8.22. The molecule has 3 aromatic carbocycles. The Morgan fingerprint density at radius 1 is 0.875 bits per heavy atom. The molecule has 0 saturated carbocycles. The van der Waals surface area contributed by atoms with Crippen molar-refractivity contribution in [2.24, 2.45) is 12.5 Å². The Morgan fingerprint density at radius 2 is 1.56 bits per heavy atom. The number of hydrogen-bond donors (Lipinski definition) is 0. The summed E-state index contributed by atoms with van der Waals surface area (Å²) in [4.78, 5) is 0. The minimum absolute atomic E-state index is 0.0137. The third-order valence-electron chi connectivity index (χ3n) is 6.52. The summed E-state index contributed by atoms with van der Waals surface area (Å²) in [6.07, 6.45) is 0.795. The van der Waals surface area contributed by atoms with E-state index in [1.54, 1.807) is 6.07 Å². The van der Waals surface area contributed by atoms with Crippen molar-refractivity contribution in [3.8, 4) is 11.3 Å². The van der Waals surface area contributed by atoms with Crippen LogP contribution in [0.2, 0.25) is 0 Å². The van der Waals surface area contributed by atoms with Gasteiger partial charge in [-0.3, -0.25) is 0 Å². The molecule has 0 fully saturated rings. The normalized spacial score (nSPS) is 14.4. The van der Waals surface area contributed by atoms with Crippen molar-refractivity contribution < 1.29 is 8.68 Å². The van der Waals surface area contributed by atoms with Gasteiger partial charge in [0.1, 0.15) is 7.05 Å². The van der Waals surface area contributed by atoms with Crippen molar-refractivity contribution in [3.05, 3.63) is 76.9 Å². The molecule has 0 spiro atoms. The molecule has 4 aromatic rings. The molecule has 166 valence electrons. The zero-order valence-electron chi connectivity index (χ0n) is 23.9. The zero-order chi connectivity index (χ0) is 25.9. The number of nitrogens with zero attached hydrogens (tertiary/aromatic N) is 1. The maximum Gasteiger partial charge on any atom is 0.213 e. The highest BCUT2D eigenvalue weighted by atomic mass is 14.9. The molecule has 0 radical (unpaired) electrons. The molecule has 0 saturated heterocycles. The van der Waals surface area contributed by atoms with Gasteiger partial charge in [-0.25, -0.2) is 0 Å². The van der Waals surface area contributed by atoms with E-state index in [-0.39, 0.29) is 10.8 Å². The standard InChI is InChI=1S/C31H38N/c1-20-13-12-16-27-29(20)22(19-30(3,4)5)17-28(32(27)9)25-18-26(31(6,7)8)24-15-11-10-14-23(24)21(25)2/h10-18H,19H2,1-9H3/q+1/i1D3. The lowest BCUT2D eigenvalue weighted by Gasteiger charge is -2.24. The van der Waals surface area contributed by atoms with E-state index in [1.807, 2.05) is 6.07 Å². The van der Waals surface area contributed by atoms with Gasteiger partial charge in [0.25, 0.3) is 0 Å². The van der Waals surface area contributed by atoms with Crippen LogP contribution in [0, 0.1) is 19.2 Å². The molecule has 1 aromatic heterocycles. The van der Waals surface area contributed by atoms with Crippen LogP contribution in [-0.4, -0.2) is 0 Å². The summed E-state index contributed by atoms with van der Waals surface area (Å²) in [5.41, 5.74) is 7.38. The Hall–Kier alpha value is -2.67. The molecular weight excluding hydrogens is 386 g/mol. The molecule has 1 heteroatoms. The molecule has 0 aliphatic rings. The van der Waals surface area contributed by atoms with Crippen molar-refractivity contribution >= 4 is 21.7 Å². The zero-order valence-corrected chi connectivity index (χ0v) is 20.9. The fraction of sp³-hybridized carbons (Fsp3) is 0.387. The summed E-state index contributed by atoms with van der Waals surface area (Å²) in [6, 6.07) is 19.0. The number of pyridine rings is 1. The highest BCUT2D eigenvalue weighted by Gasteiger charge is 2.26. The number of fused-ring (bicyclic) bond motifs is 2. The van der Waals surface area contributed by atoms with E-state index in [9.17, 15) is 0 Å². The van der Waals surface area contributed by atoms with Gasteiger partial charge in [0.05, 0.1) is 5.39 Å². The number of aryl methyl sites for hydroxylation is 3. The van der Waals surface area contributed by atoms with Crippen LogP contribution in [0.25, 0.3) is 32.9 Å². The van der Waals surface area contributed by atoms with Gasteiger partial charge >= 0.3 is 0 Å². The van der Waals surface area contributed by atoms with Gasteiger partial charge < -0.3 is 0 Å². The average molecular weight is 428 g/mol. The SMILES string of the molecule is [2H]C([2H])([2H])c1cccc2c1c(CC(C)(C)C)cc(-c1cc(C(C)(C)C)c3ccccc3c1C)[n+]2C. The number of hydrogen-bond acceptors (Lipinski definition) is 0. The number of aromatic nitrogens is 1. The van der Waals surface area contributed by atoms with Crippen molar-refractivity contribution in [3.63, 3.8) is 0 Å². The Kier molecular flexibility index (Phi) is 4.55. The predicted molar refractivity (Wildman–Crippen MR) is 139 cm³/mol. The first-order valence-electron chi connectivity index (χ1n) is 13.1. The van der Waals surface area contributed by atoms with Crippen LogP contribution < -0.4 is 4.57 Å². The van der Waals surface area contributed by atoms with Crippen LogP contribution in [0.4, 0.5) is 0 Å². The van der Waals surface area contributed by atoms with Crippen LogP contribution >= 0.6 is 0 Å². The first-order chi connectivity index (χ1) is 16.1. The molecule has 0 unspecified atom stereocenters. The largest absolute Gasteiger partial charge is 0.213 e. The van der Waals surface area contributed by atoms with Gasteiger partial charge in [0, 0.05) is 21.8 Å². The highest BCUT2D eigenvalue weighted by Crippen LogP contribution is 2.38. The lowest BCUT2D eigenvalue weighted by atomic mass is 9.80. The second kappa shape index (κ2) is 7.73. The van der Waals surface area contributed by atoms with Crippen LogP contribution in [-0.2, 0) is 18.9 Å². The van der Waals surface area contributed by atoms with E-state index in [2.05, 4.69) is 103 Å². The molecule has 0 amide bonds. The quantitative estimate of drug-likeness (QED) is 0.285. The first-order valence-corrected chi connectivity index (χ1v) is 11.6. The summed E-state index contributed by atoms with van der Waals surface area (Å²) in [6.45, 7) is 13.5. The van der Waals surface area contributed by atoms with E-state index < -0.39 is 6.85 Å². The first kappa shape index (κ1) is 18.9. The predicted octanol–water partition coefficient (Wildman–Crippen LogP) is 7.99. The van der Waals surface area contributed by atoms with E-state index >= 15 is 0 Å². The van der Waals surface area contributed by atoms with Gasteiger partial charge in [-0.15, -0.1) is 0 Å². The second-order valence-electron chi connectivity index (χ2n) is 11.4. The van der Waals surface area contributed by atoms with Gasteiger partial charge in [-0.05, 0) is 70.1 Å². The molecule has 0 atom stereocenters. The van der Waals surface area contributed by atoms with Crippen LogP contribution in [0.3, 0.4) is 0 Å². The topological polar surface area (TPSA) is 3.88 Å². The Balaban J connectivity index is 2.16. The fourth-order valence-electron chi connectivity index (χ4n) is 5.00. The fourth-order valence-corrected chi connectivity index (χ4v) is 5.00. The molecular formula is C31H38N+. The lowest BCUT2D eigenvalue weighted by molar-refractivity contribution is -0.633. The smallest absolute Gasteiger partial charge is 0.194 e. The van der Waals surface area contributed by atoms with E-state index in [1.165, 1.54) is 27.5 Å². The highest BCUT2D eigenvalue weighted by molar-refractivity contribution is 5.95. The molecule has 0 aliphatic carbocycles. The van der Waals surface area contributed by atoms with Gasteiger partial charge in [0.15, 0.2) is 0 Å². The molecule has 4 rings (SSSR count). The molecule has 1 heterocycles. The molecule has 0 bridgehead atoms. The summed E-state index contributed by atoms with van der Waals surface area (Å²) in [7, 11) is 2.06. The summed E-state index contributed by atoms with van der Waals surface area (Å²) >= 11 is 0. The van der Waals surface area contributed by atoms with Crippen molar-refractivity contribution in [1.29, 1.82) is 0 Å². The third kappa shape index (κ3) is 3.94. The molecule has 1 nitrogen and oxygen atoms in total. The Labute approximate surface area is 198 Å². The maximum atomic E-state index is 8.22.